The predicted molar refractivity (Wildman–Crippen MR) is 118 cm³/mol. The van der Waals surface area contributed by atoms with Crippen molar-refractivity contribution in [3.63, 3.8) is 0 Å². The number of fused-ring (bicyclic) bond motifs is 5. The van der Waals surface area contributed by atoms with E-state index in [2.05, 4.69) is 25.7 Å². The van der Waals surface area contributed by atoms with Crippen LogP contribution in [0.2, 0.25) is 0 Å². The minimum atomic E-state index is -0.264. The van der Waals surface area contributed by atoms with Crippen LogP contribution in [0.4, 0.5) is 0 Å². The Morgan fingerprint density at radius 1 is 1.07 bits per heavy atom. The second-order valence-electron chi connectivity index (χ2n) is 11.2. The minimum Gasteiger partial charge on any atom is -0.487 e. The standard InChI is InChI=1S/C27H38O3/c1-3-27(30-21-7-5-4-6-8-21)16-13-23-22-10-9-19-17-20(29)11-15-26(19,18-28)24(22)12-14-25(23,27)2/h3,7,18-19,22-24H,1,4-6,8-17H2,2H3/t19?,22-,23-,24+,25-,26+,27?/m0/s1. The molecule has 0 aromatic rings. The second-order valence-corrected chi connectivity index (χ2v) is 11.2. The van der Waals surface area contributed by atoms with Crippen molar-refractivity contribution in [3.05, 3.63) is 24.5 Å². The number of allylic oxidation sites excluding steroid dienone is 2. The number of hydrogen-bond donors (Lipinski definition) is 0. The molecular formula is C27H38O3. The molecular weight excluding hydrogens is 372 g/mol. The molecule has 5 aliphatic rings. The van der Waals surface area contributed by atoms with E-state index in [1.807, 2.05) is 0 Å². The zero-order chi connectivity index (χ0) is 21.0. The molecule has 0 amide bonds. The third-order valence-electron chi connectivity index (χ3n) is 10.3. The first-order chi connectivity index (χ1) is 14.5. The third kappa shape index (κ3) is 2.76. The van der Waals surface area contributed by atoms with Crippen molar-refractivity contribution in [1.82, 2.24) is 0 Å². The van der Waals surface area contributed by atoms with Gasteiger partial charge in [-0.15, -0.1) is 0 Å². The number of carbonyl (C=O) groups is 2. The second kappa shape index (κ2) is 7.35. The highest BCUT2D eigenvalue weighted by Crippen LogP contribution is 2.69. The Morgan fingerprint density at radius 3 is 2.63 bits per heavy atom. The molecule has 0 aromatic carbocycles. The summed E-state index contributed by atoms with van der Waals surface area (Å²) in [7, 11) is 0. The molecule has 0 bridgehead atoms. The van der Waals surface area contributed by atoms with Crippen molar-refractivity contribution in [3.8, 4) is 0 Å². The van der Waals surface area contributed by atoms with Gasteiger partial charge in [0.2, 0.25) is 0 Å². The maximum absolute atomic E-state index is 12.5. The van der Waals surface area contributed by atoms with Gasteiger partial charge in [-0.25, -0.2) is 0 Å². The molecule has 0 radical (unpaired) electrons. The van der Waals surface area contributed by atoms with Crippen LogP contribution in [-0.4, -0.2) is 17.7 Å². The fourth-order valence-corrected chi connectivity index (χ4v) is 8.69. The summed E-state index contributed by atoms with van der Waals surface area (Å²) in [6.07, 6.45) is 19.1. The molecule has 5 aliphatic carbocycles. The molecule has 4 saturated carbocycles. The van der Waals surface area contributed by atoms with Crippen LogP contribution in [0.1, 0.15) is 90.4 Å². The van der Waals surface area contributed by atoms with Crippen molar-refractivity contribution in [2.24, 2.45) is 34.5 Å². The molecule has 0 spiro atoms. The van der Waals surface area contributed by atoms with Crippen LogP contribution in [0.5, 0.6) is 0 Å². The van der Waals surface area contributed by atoms with Gasteiger partial charge in [-0.1, -0.05) is 13.5 Å². The Bertz CT molecular complexity index is 768. The van der Waals surface area contributed by atoms with Crippen LogP contribution in [-0.2, 0) is 14.3 Å². The van der Waals surface area contributed by atoms with Gasteiger partial charge in [0.15, 0.2) is 0 Å². The SMILES string of the molecule is C=CC1(OC2=CCCCC2)CC[C@H]2[C@@H]3CCC4CC(=O)CC[C@]4(C=O)[C@@H]3CC[C@@]21C. The molecule has 0 N–H and O–H groups in total. The van der Waals surface area contributed by atoms with Crippen LogP contribution in [0, 0.1) is 34.5 Å². The molecule has 164 valence electrons. The Labute approximate surface area is 181 Å². The maximum Gasteiger partial charge on any atom is 0.133 e. The maximum atomic E-state index is 12.5. The van der Waals surface area contributed by atoms with E-state index in [9.17, 15) is 9.59 Å². The molecule has 5 rings (SSSR count). The lowest BCUT2D eigenvalue weighted by molar-refractivity contribution is -0.161. The highest BCUT2D eigenvalue weighted by Gasteiger charge is 2.66. The molecule has 0 saturated heterocycles. The summed E-state index contributed by atoms with van der Waals surface area (Å²) in [5, 5.41) is 0. The van der Waals surface area contributed by atoms with Gasteiger partial charge in [-0.2, -0.15) is 0 Å². The van der Waals surface area contributed by atoms with Crippen LogP contribution >= 0.6 is 0 Å². The van der Waals surface area contributed by atoms with E-state index in [1.54, 1.807) is 0 Å². The summed E-state index contributed by atoms with van der Waals surface area (Å²) >= 11 is 0. The van der Waals surface area contributed by atoms with Crippen molar-refractivity contribution < 1.29 is 14.3 Å². The monoisotopic (exact) mass is 410 g/mol. The van der Waals surface area contributed by atoms with Gasteiger partial charge in [0.25, 0.3) is 0 Å². The first-order valence-electron chi connectivity index (χ1n) is 12.5. The lowest BCUT2D eigenvalue weighted by Crippen LogP contribution is -2.58. The zero-order valence-corrected chi connectivity index (χ0v) is 18.7. The number of carbonyl (C=O) groups excluding carboxylic acids is 2. The van der Waals surface area contributed by atoms with E-state index in [4.69, 9.17) is 4.74 Å². The summed E-state index contributed by atoms with van der Waals surface area (Å²) in [5.74, 6) is 3.48. The van der Waals surface area contributed by atoms with E-state index >= 15 is 0 Å². The molecule has 0 aliphatic heterocycles. The third-order valence-corrected chi connectivity index (χ3v) is 10.3. The quantitative estimate of drug-likeness (QED) is 0.411. The zero-order valence-electron chi connectivity index (χ0n) is 18.7. The van der Waals surface area contributed by atoms with Crippen molar-refractivity contribution >= 4 is 12.1 Å². The number of rotatable bonds is 4. The predicted octanol–water partition coefficient (Wildman–Crippen LogP) is 6.18. The largest absolute Gasteiger partial charge is 0.487 e. The highest BCUT2D eigenvalue weighted by atomic mass is 16.5. The average Bonchev–Trinajstić information content (AvgIpc) is 3.06. The number of Topliss-reactive ketones (excluding diaryl/α,β-unsaturated/α-hetero) is 1. The lowest BCUT2D eigenvalue weighted by Gasteiger charge is -2.60. The van der Waals surface area contributed by atoms with Crippen molar-refractivity contribution in [2.75, 3.05) is 0 Å². The summed E-state index contributed by atoms with van der Waals surface area (Å²) < 4.78 is 6.84. The Balaban J connectivity index is 1.44. The smallest absolute Gasteiger partial charge is 0.133 e. The molecule has 0 aromatic heterocycles. The number of ketones is 1. The number of hydrogen-bond acceptors (Lipinski definition) is 3. The Hall–Kier alpha value is -1.38. The molecule has 7 atom stereocenters. The highest BCUT2D eigenvalue weighted by molar-refractivity contribution is 5.82. The Morgan fingerprint density at radius 2 is 1.90 bits per heavy atom. The van der Waals surface area contributed by atoms with Gasteiger partial charge < -0.3 is 9.53 Å². The van der Waals surface area contributed by atoms with Gasteiger partial charge in [0, 0.05) is 30.1 Å². The molecule has 30 heavy (non-hydrogen) atoms. The van der Waals surface area contributed by atoms with E-state index in [1.165, 1.54) is 37.7 Å². The number of ether oxygens (including phenoxy) is 1. The minimum absolute atomic E-state index is 0.0929. The van der Waals surface area contributed by atoms with Crippen LogP contribution in [0.3, 0.4) is 0 Å². The van der Waals surface area contributed by atoms with Crippen molar-refractivity contribution in [2.45, 2.75) is 96.0 Å². The van der Waals surface area contributed by atoms with Crippen molar-refractivity contribution in [1.29, 1.82) is 0 Å². The normalized spacial score (nSPS) is 48.0. The lowest BCUT2D eigenvalue weighted by atomic mass is 9.44. The summed E-state index contributed by atoms with van der Waals surface area (Å²) in [5.41, 5.74) is -0.417. The first-order valence-corrected chi connectivity index (χ1v) is 12.5. The number of aldehydes is 1. The van der Waals surface area contributed by atoms with E-state index < -0.39 is 0 Å². The van der Waals surface area contributed by atoms with E-state index in [0.717, 1.165) is 44.9 Å². The van der Waals surface area contributed by atoms with Gasteiger partial charge in [0.05, 0.1) is 5.76 Å². The van der Waals surface area contributed by atoms with Gasteiger partial charge >= 0.3 is 0 Å². The topological polar surface area (TPSA) is 43.4 Å². The average molecular weight is 411 g/mol. The van der Waals surface area contributed by atoms with Gasteiger partial charge in [-0.3, -0.25) is 4.79 Å². The molecule has 0 heterocycles. The first kappa shape index (κ1) is 20.5. The summed E-state index contributed by atoms with van der Waals surface area (Å²) in [6, 6.07) is 0. The van der Waals surface area contributed by atoms with Crippen LogP contribution < -0.4 is 0 Å². The molecule has 2 unspecified atom stereocenters. The van der Waals surface area contributed by atoms with Gasteiger partial charge in [0.1, 0.15) is 17.7 Å². The fraction of sp³-hybridized carbons (Fsp3) is 0.778. The molecule has 3 nitrogen and oxygen atoms in total. The van der Waals surface area contributed by atoms with Gasteiger partial charge in [-0.05, 0) is 100 Å². The van der Waals surface area contributed by atoms with E-state index in [0.29, 0.717) is 36.4 Å². The summed E-state index contributed by atoms with van der Waals surface area (Å²) in [4.78, 5) is 24.7. The van der Waals surface area contributed by atoms with Crippen LogP contribution in [0.25, 0.3) is 0 Å². The Kier molecular flexibility index (Phi) is 5.02. The molecule has 3 heteroatoms. The summed E-state index contributed by atoms with van der Waals surface area (Å²) in [6.45, 7) is 6.73. The van der Waals surface area contributed by atoms with E-state index in [-0.39, 0.29) is 22.3 Å². The van der Waals surface area contributed by atoms with Crippen LogP contribution in [0.15, 0.2) is 24.5 Å². The molecule has 4 fully saturated rings. The fourth-order valence-electron chi connectivity index (χ4n) is 8.69.